The molecule has 0 aliphatic heterocycles. The highest BCUT2D eigenvalue weighted by Crippen LogP contribution is 2.43. The average molecular weight is 295 g/mol. The summed E-state index contributed by atoms with van der Waals surface area (Å²) in [6.07, 6.45) is 2.32. The lowest BCUT2D eigenvalue weighted by Crippen LogP contribution is -2.17. The lowest BCUT2D eigenvalue weighted by molar-refractivity contribution is 0.352. The Labute approximate surface area is 123 Å². The summed E-state index contributed by atoms with van der Waals surface area (Å²) in [4.78, 5) is 4.47. The fraction of sp³-hybridized carbons (Fsp3) is 0.562. The van der Waals surface area contributed by atoms with Gasteiger partial charge in [-0.2, -0.15) is 0 Å². The monoisotopic (exact) mass is 294 g/mol. The van der Waals surface area contributed by atoms with Crippen molar-refractivity contribution < 1.29 is 4.39 Å². The summed E-state index contributed by atoms with van der Waals surface area (Å²) >= 11 is 6.29. The Hall–Kier alpha value is -1.09. The zero-order valence-electron chi connectivity index (χ0n) is 12.1. The van der Waals surface area contributed by atoms with Crippen LogP contribution in [0.4, 0.5) is 4.39 Å². The molecule has 1 heterocycles. The van der Waals surface area contributed by atoms with E-state index in [0.29, 0.717) is 23.4 Å². The average Bonchev–Trinajstić information content (AvgIpc) is 2.93. The van der Waals surface area contributed by atoms with Crippen LogP contribution in [0.2, 0.25) is 0 Å². The van der Waals surface area contributed by atoms with Crippen molar-refractivity contribution >= 4 is 22.6 Å². The molecule has 3 rings (SSSR count). The Morgan fingerprint density at radius 3 is 2.70 bits per heavy atom. The molecule has 20 heavy (non-hydrogen) atoms. The van der Waals surface area contributed by atoms with Crippen LogP contribution in [0.25, 0.3) is 11.0 Å². The molecule has 0 bridgehead atoms. The zero-order chi connectivity index (χ0) is 14.4. The number of hydrogen-bond acceptors (Lipinski definition) is 1. The minimum absolute atomic E-state index is 0.218. The summed E-state index contributed by atoms with van der Waals surface area (Å²) in [5.74, 6) is 1.77. The van der Waals surface area contributed by atoms with Gasteiger partial charge in [0, 0.05) is 6.04 Å². The van der Waals surface area contributed by atoms with Gasteiger partial charge in [-0.3, -0.25) is 0 Å². The van der Waals surface area contributed by atoms with Crippen molar-refractivity contribution in [1.29, 1.82) is 0 Å². The summed E-state index contributed by atoms with van der Waals surface area (Å²) in [6, 6.07) is 5.53. The van der Waals surface area contributed by atoms with Crippen LogP contribution in [0.3, 0.4) is 0 Å². The van der Waals surface area contributed by atoms with Crippen molar-refractivity contribution in [3.63, 3.8) is 0 Å². The molecular formula is C16H20ClFN2. The van der Waals surface area contributed by atoms with Crippen molar-refractivity contribution in [3.05, 3.63) is 29.8 Å². The van der Waals surface area contributed by atoms with Crippen LogP contribution in [0, 0.1) is 17.7 Å². The number of imidazole rings is 1. The predicted molar refractivity (Wildman–Crippen MR) is 80.6 cm³/mol. The van der Waals surface area contributed by atoms with E-state index in [1.54, 1.807) is 6.07 Å². The maximum atomic E-state index is 14.0. The number of fused-ring (bicyclic) bond motifs is 1. The first-order valence-corrected chi connectivity index (χ1v) is 7.74. The number of para-hydroxylation sites is 1. The topological polar surface area (TPSA) is 17.8 Å². The van der Waals surface area contributed by atoms with Crippen LogP contribution < -0.4 is 0 Å². The Morgan fingerprint density at radius 2 is 2.10 bits per heavy atom. The molecule has 4 heteroatoms. The quantitative estimate of drug-likeness (QED) is 0.706. The summed E-state index contributed by atoms with van der Waals surface area (Å²) in [5, 5.41) is -0.218. The molecule has 1 saturated carbocycles. The van der Waals surface area contributed by atoms with Gasteiger partial charge in [-0.05, 0) is 43.7 Å². The summed E-state index contributed by atoms with van der Waals surface area (Å²) < 4.78 is 16.2. The molecule has 1 aliphatic rings. The minimum atomic E-state index is -0.265. The highest BCUT2D eigenvalue weighted by atomic mass is 35.5. The van der Waals surface area contributed by atoms with Gasteiger partial charge in [0.05, 0.1) is 10.9 Å². The molecule has 2 aromatic rings. The van der Waals surface area contributed by atoms with Crippen LogP contribution in [-0.4, -0.2) is 9.55 Å². The second-order valence-corrected chi connectivity index (χ2v) is 6.70. The Morgan fingerprint density at radius 1 is 1.35 bits per heavy atom. The van der Waals surface area contributed by atoms with E-state index < -0.39 is 0 Å². The Kier molecular flexibility index (Phi) is 3.49. The standard InChI is InChI=1S/C16H20ClFN2/c1-9-7-8-13(10(9)2)20-14-6-4-5-12(18)15(14)19-16(20)11(3)17/h4-6,9-11,13H,7-8H2,1-3H3. The molecule has 4 atom stereocenters. The molecule has 4 unspecified atom stereocenters. The molecule has 0 spiro atoms. The normalized spacial score (nSPS) is 28.1. The highest BCUT2D eigenvalue weighted by molar-refractivity contribution is 6.20. The van der Waals surface area contributed by atoms with Gasteiger partial charge in [0.2, 0.25) is 0 Å². The van der Waals surface area contributed by atoms with Gasteiger partial charge in [0.25, 0.3) is 0 Å². The van der Waals surface area contributed by atoms with Gasteiger partial charge < -0.3 is 4.57 Å². The lowest BCUT2D eigenvalue weighted by atomic mass is 9.97. The number of rotatable bonds is 2. The fourth-order valence-corrected chi connectivity index (χ4v) is 3.59. The van der Waals surface area contributed by atoms with Crippen LogP contribution in [0.1, 0.15) is 50.9 Å². The Bertz CT molecular complexity index is 635. The third-order valence-corrected chi connectivity index (χ3v) is 5.00. The van der Waals surface area contributed by atoms with E-state index in [1.807, 2.05) is 13.0 Å². The Balaban J connectivity index is 2.22. The third kappa shape index (κ3) is 2.03. The van der Waals surface area contributed by atoms with E-state index in [0.717, 1.165) is 17.8 Å². The molecule has 0 amide bonds. The number of hydrogen-bond donors (Lipinski definition) is 0. The maximum Gasteiger partial charge on any atom is 0.151 e. The minimum Gasteiger partial charge on any atom is -0.323 e. The predicted octanol–water partition coefficient (Wildman–Crippen LogP) is 5.08. The lowest BCUT2D eigenvalue weighted by Gasteiger charge is -2.23. The summed E-state index contributed by atoms with van der Waals surface area (Å²) in [7, 11) is 0. The smallest absolute Gasteiger partial charge is 0.151 e. The molecule has 0 saturated heterocycles. The van der Waals surface area contributed by atoms with Crippen LogP contribution in [0.15, 0.2) is 18.2 Å². The second-order valence-electron chi connectivity index (χ2n) is 6.04. The van der Waals surface area contributed by atoms with E-state index in [4.69, 9.17) is 11.6 Å². The fourth-order valence-electron chi connectivity index (χ4n) is 3.43. The van der Waals surface area contributed by atoms with Crippen molar-refractivity contribution in [2.24, 2.45) is 11.8 Å². The number of halogens is 2. The van der Waals surface area contributed by atoms with E-state index in [1.165, 1.54) is 12.5 Å². The largest absolute Gasteiger partial charge is 0.323 e. The highest BCUT2D eigenvalue weighted by Gasteiger charge is 2.34. The number of aromatic nitrogens is 2. The van der Waals surface area contributed by atoms with E-state index in [2.05, 4.69) is 23.4 Å². The molecule has 0 N–H and O–H groups in total. The zero-order valence-corrected chi connectivity index (χ0v) is 12.9. The SMILES string of the molecule is CC(Cl)c1nc2c(F)cccc2n1C1CCC(C)C1C. The third-order valence-electron chi connectivity index (χ3n) is 4.81. The molecule has 2 nitrogen and oxygen atoms in total. The molecule has 1 aromatic heterocycles. The maximum absolute atomic E-state index is 14.0. The van der Waals surface area contributed by atoms with E-state index >= 15 is 0 Å². The van der Waals surface area contributed by atoms with Gasteiger partial charge in [0.15, 0.2) is 5.82 Å². The van der Waals surface area contributed by atoms with Crippen molar-refractivity contribution in [2.45, 2.75) is 45.0 Å². The molecular weight excluding hydrogens is 275 g/mol. The molecule has 108 valence electrons. The van der Waals surface area contributed by atoms with Crippen molar-refractivity contribution in [3.8, 4) is 0 Å². The van der Waals surface area contributed by atoms with Crippen LogP contribution in [-0.2, 0) is 0 Å². The van der Waals surface area contributed by atoms with E-state index in [9.17, 15) is 4.39 Å². The van der Waals surface area contributed by atoms with E-state index in [-0.39, 0.29) is 11.2 Å². The summed E-state index contributed by atoms with van der Waals surface area (Å²) in [5.41, 5.74) is 1.32. The van der Waals surface area contributed by atoms with Gasteiger partial charge in [-0.1, -0.05) is 19.9 Å². The molecule has 1 fully saturated rings. The van der Waals surface area contributed by atoms with Crippen molar-refractivity contribution in [2.75, 3.05) is 0 Å². The van der Waals surface area contributed by atoms with Gasteiger partial charge in [-0.25, -0.2) is 9.37 Å². The number of alkyl halides is 1. The number of nitrogens with zero attached hydrogens (tertiary/aromatic N) is 2. The molecule has 1 aromatic carbocycles. The number of benzene rings is 1. The van der Waals surface area contributed by atoms with Crippen molar-refractivity contribution in [1.82, 2.24) is 9.55 Å². The van der Waals surface area contributed by atoms with Crippen LogP contribution >= 0.6 is 11.6 Å². The van der Waals surface area contributed by atoms with Crippen LogP contribution in [0.5, 0.6) is 0 Å². The van der Waals surface area contributed by atoms with Gasteiger partial charge in [-0.15, -0.1) is 11.6 Å². The molecule has 1 aliphatic carbocycles. The summed E-state index contributed by atoms with van der Waals surface area (Å²) in [6.45, 7) is 6.46. The van der Waals surface area contributed by atoms with Gasteiger partial charge >= 0.3 is 0 Å². The first-order chi connectivity index (χ1) is 9.50. The molecule has 0 radical (unpaired) electrons. The first-order valence-electron chi connectivity index (χ1n) is 7.31. The second kappa shape index (κ2) is 5.03. The van der Waals surface area contributed by atoms with Gasteiger partial charge in [0.1, 0.15) is 11.3 Å². The first kappa shape index (κ1) is 13.9.